The van der Waals surface area contributed by atoms with Crippen LogP contribution in [-0.2, 0) is 0 Å². The van der Waals surface area contributed by atoms with Gasteiger partial charge in [-0.15, -0.1) is 0 Å². The minimum Gasteiger partial charge on any atom is -0.394 e. The topological polar surface area (TPSA) is 55.0 Å². The van der Waals surface area contributed by atoms with Crippen LogP contribution in [0.25, 0.3) is 11.3 Å². The van der Waals surface area contributed by atoms with Gasteiger partial charge in [0.25, 0.3) is 0 Å². The summed E-state index contributed by atoms with van der Waals surface area (Å²) in [5.41, 5.74) is 8.88. The lowest BCUT2D eigenvalue weighted by molar-refractivity contribution is 0.915. The van der Waals surface area contributed by atoms with E-state index < -0.39 is 0 Å². The molecule has 0 unspecified atom stereocenters. The largest absolute Gasteiger partial charge is 0.394 e. The minimum atomic E-state index is 0.693. The maximum atomic E-state index is 6.30. The zero-order chi connectivity index (χ0) is 13.2. The van der Waals surface area contributed by atoms with Gasteiger partial charge in [0.1, 0.15) is 11.5 Å². The highest BCUT2D eigenvalue weighted by Gasteiger charge is 2.20. The summed E-state index contributed by atoms with van der Waals surface area (Å²) >= 11 is 0. The number of anilines is 2. The van der Waals surface area contributed by atoms with Crippen LogP contribution >= 0.6 is 0 Å². The molecule has 1 fully saturated rings. The van der Waals surface area contributed by atoms with Crippen molar-refractivity contribution in [2.24, 2.45) is 0 Å². The zero-order valence-electron chi connectivity index (χ0n) is 11.1. The van der Waals surface area contributed by atoms with E-state index in [4.69, 9.17) is 5.73 Å². The molecule has 0 spiro atoms. The summed E-state index contributed by atoms with van der Waals surface area (Å²) in [4.78, 5) is 11.3. The van der Waals surface area contributed by atoms with Crippen molar-refractivity contribution in [3.8, 4) is 11.3 Å². The molecule has 0 bridgehead atoms. The second-order valence-electron chi connectivity index (χ2n) is 4.92. The predicted molar refractivity (Wildman–Crippen MR) is 78.1 cm³/mol. The Morgan fingerprint density at radius 2 is 1.74 bits per heavy atom. The molecule has 2 N–H and O–H groups in total. The first-order valence-electron chi connectivity index (χ1n) is 6.70. The van der Waals surface area contributed by atoms with E-state index in [9.17, 15) is 0 Å². The fourth-order valence-electron chi connectivity index (χ4n) is 2.55. The number of nitrogens with two attached hydrogens (primary N) is 1. The van der Waals surface area contributed by atoms with Crippen molar-refractivity contribution in [2.75, 3.05) is 23.7 Å². The minimum absolute atomic E-state index is 0.693. The highest BCUT2D eigenvalue weighted by Crippen LogP contribution is 2.32. The lowest BCUT2D eigenvalue weighted by atomic mass is 10.1. The molecular weight excluding hydrogens is 236 g/mol. The maximum absolute atomic E-state index is 6.30. The summed E-state index contributed by atoms with van der Waals surface area (Å²) in [6.45, 7) is 4.00. The van der Waals surface area contributed by atoms with Gasteiger partial charge in [0.15, 0.2) is 5.82 Å². The van der Waals surface area contributed by atoms with E-state index >= 15 is 0 Å². The van der Waals surface area contributed by atoms with E-state index in [1.807, 2.05) is 37.3 Å². The van der Waals surface area contributed by atoms with Gasteiger partial charge in [-0.1, -0.05) is 30.3 Å². The van der Waals surface area contributed by atoms with E-state index in [1.54, 1.807) is 0 Å². The average molecular weight is 254 g/mol. The Bertz CT molecular complexity index is 574. The number of aromatic nitrogens is 2. The third-order valence-electron chi connectivity index (χ3n) is 3.49. The molecule has 1 aromatic heterocycles. The second-order valence-corrected chi connectivity index (χ2v) is 4.92. The zero-order valence-corrected chi connectivity index (χ0v) is 11.1. The molecule has 98 valence electrons. The molecule has 4 nitrogen and oxygen atoms in total. The monoisotopic (exact) mass is 254 g/mol. The SMILES string of the molecule is Cc1nc(-c2ccccc2)c(N)c(N2CCCC2)n1. The summed E-state index contributed by atoms with van der Waals surface area (Å²) in [6, 6.07) is 10.1. The molecule has 0 atom stereocenters. The molecule has 1 saturated heterocycles. The second kappa shape index (κ2) is 4.88. The van der Waals surface area contributed by atoms with E-state index in [-0.39, 0.29) is 0 Å². The number of hydrogen-bond donors (Lipinski definition) is 1. The van der Waals surface area contributed by atoms with Crippen LogP contribution in [0.3, 0.4) is 0 Å². The molecule has 1 aliphatic heterocycles. The van der Waals surface area contributed by atoms with Gasteiger partial charge in [0.2, 0.25) is 0 Å². The van der Waals surface area contributed by atoms with Crippen LogP contribution in [0.4, 0.5) is 11.5 Å². The van der Waals surface area contributed by atoms with Crippen molar-refractivity contribution in [3.05, 3.63) is 36.2 Å². The molecule has 2 heterocycles. The number of rotatable bonds is 2. The Morgan fingerprint density at radius 1 is 1.05 bits per heavy atom. The molecule has 19 heavy (non-hydrogen) atoms. The third kappa shape index (κ3) is 2.26. The summed E-state index contributed by atoms with van der Waals surface area (Å²) in [5, 5.41) is 0. The van der Waals surface area contributed by atoms with Gasteiger partial charge in [-0.25, -0.2) is 9.97 Å². The predicted octanol–water partition coefficient (Wildman–Crippen LogP) is 2.63. The van der Waals surface area contributed by atoms with Crippen molar-refractivity contribution in [1.29, 1.82) is 0 Å². The summed E-state index contributed by atoms with van der Waals surface area (Å²) in [7, 11) is 0. The number of aryl methyl sites for hydroxylation is 1. The van der Waals surface area contributed by atoms with Crippen LogP contribution in [0.15, 0.2) is 30.3 Å². The molecule has 4 heteroatoms. The van der Waals surface area contributed by atoms with Crippen LogP contribution < -0.4 is 10.6 Å². The van der Waals surface area contributed by atoms with Crippen LogP contribution in [0.1, 0.15) is 18.7 Å². The number of hydrogen-bond acceptors (Lipinski definition) is 4. The van der Waals surface area contributed by atoms with Gasteiger partial charge in [0.05, 0.1) is 5.69 Å². The van der Waals surface area contributed by atoms with Gasteiger partial charge in [-0.3, -0.25) is 0 Å². The molecule has 0 aliphatic carbocycles. The standard InChI is InChI=1S/C15H18N4/c1-11-17-14(12-7-3-2-4-8-12)13(16)15(18-11)19-9-5-6-10-19/h2-4,7-8H,5-6,9-10,16H2,1H3. The van der Waals surface area contributed by atoms with Gasteiger partial charge in [-0.2, -0.15) is 0 Å². The Balaban J connectivity index is 2.10. The summed E-state index contributed by atoms with van der Waals surface area (Å²) in [5.74, 6) is 1.67. The van der Waals surface area contributed by atoms with Crippen molar-refractivity contribution < 1.29 is 0 Å². The molecule has 1 aromatic carbocycles. The van der Waals surface area contributed by atoms with Crippen LogP contribution in [0.5, 0.6) is 0 Å². The normalized spacial score (nSPS) is 14.9. The molecule has 0 saturated carbocycles. The Labute approximate surface area is 113 Å². The summed E-state index contributed by atoms with van der Waals surface area (Å²) in [6.07, 6.45) is 2.42. The van der Waals surface area contributed by atoms with Crippen LogP contribution in [-0.4, -0.2) is 23.1 Å². The van der Waals surface area contributed by atoms with Gasteiger partial charge < -0.3 is 10.6 Å². The molecular formula is C15H18N4. The Morgan fingerprint density at radius 3 is 2.42 bits per heavy atom. The molecule has 0 amide bonds. The van der Waals surface area contributed by atoms with Crippen molar-refractivity contribution in [1.82, 2.24) is 9.97 Å². The van der Waals surface area contributed by atoms with Crippen molar-refractivity contribution in [3.63, 3.8) is 0 Å². The highest BCUT2D eigenvalue weighted by atomic mass is 15.2. The first-order valence-corrected chi connectivity index (χ1v) is 6.70. The average Bonchev–Trinajstić information content (AvgIpc) is 2.96. The maximum Gasteiger partial charge on any atom is 0.156 e. The fourth-order valence-corrected chi connectivity index (χ4v) is 2.55. The van der Waals surface area contributed by atoms with Gasteiger partial charge >= 0.3 is 0 Å². The Kier molecular flexibility index (Phi) is 3.07. The molecule has 0 radical (unpaired) electrons. The lowest BCUT2D eigenvalue weighted by Crippen LogP contribution is -2.21. The molecule has 3 rings (SSSR count). The third-order valence-corrected chi connectivity index (χ3v) is 3.49. The Hall–Kier alpha value is -2.10. The van der Waals surface area contributed by atoms with Gasteiger partial charge in [0, 0.05) is 18.7 Å². The number of nitrogens with zero attached hydrogens (tertiary/aromatic N) is 3. The van der Waals surface area contributed by atoms with Gasteiger partial charge in [-0.05, 0) is 19.8 Å². The van der Waals surface area contributed by atoms with E-state index in [0.717, 1.165) is 36.0 Å². The molecule has 2 aromatic rings. The van der Waals surface area contributed by atoms with E-state index in [2.05, 4.69) is 14.9 Å². The fraction of sp³-hybridized carbons (Fsp3) is 0.333. The van der Waals surface area contributed by atoms with Crippen LogP contribution in [0.2, 0.25) is 0 Å². The quantitative estimate of drug-likeness (QED) is 0.895. The van der Waals surface area contributed by atoms with E-state index in [1.165, 1.54) is 12.8 Å². The van der Waals surface area contributed by atoms with E-state index in [0.29, 0.717) is 5.69 Å². The lowest BCUT2D eigenvalue weighted by Gasteiger charge is -2.20. The molecule has 1 aliphatic rings. The van der Waals surface area contributed by atoms with Crippen molar-refractivity contribution in [2.45, 2.75) is 19.8 Å². The first kappa shape index (κ1) is 12.0. The van der Waals surface area contributed by atoms with Crippen LogP contribution in [0, 0.1) is 6.92 Å². The highest BCUT2D eigenvalue weighted by molar-refractivity contribution is 5.81. The first-order chi connectivity index (χ1) is 9.25. The number of benzene rings is 1. The number of nitrogen functional groups attached to an aromatic ring is 1. The smallest absolute Gasteiger partial charge is 0.156 e. The summed E-state index contributed by atoms with van der Waals surface area (Å²) < 4.78 is 0. The van der Waals surface area contributed by atoms with Crippen molar-refractivity contribution >= 4 is 11.5 Å².